The number of rotatable bonds is 2. The molecule has 0 radical (unpaired) electrons. The zero-order valence-electron chi connectivity index (χ0n) is 12.7. The average molecular weight is 262 g/mol. The van der Waals surface area contributed by atoms with Crippen LogP contribution in [-0.4, -0.2) is 12.1 Å². The summed E-state index contributed by atoms with van der Waals surface area (Å²) in [5, 5.41) is 0. The van der Waals surface area contributed by atoms with Crippen LogP contribution in [0.5, 0.6) is 0 Å². The second kappa shape index (κ2) is 5.52. The van der Waals surface area contributed by atoms with Crippen molar-refractivity contribution >= 4 is 5.97 Å². The monoisotopic (exact) mass is 262 g/mol. The van der Waals surface area contributed by atoms with Crippen molar-refractivity contribution in [1.82, 2.24) is 0 Å². The molecule has 0 N–H and O–H groups in total. The molecule has 0 amide bonds. The first kappa shape index (κ1) is 14.4. The molecule has 2 aliphatic rings. The summed E-state index contributed by atoms with van der Waals surface area (Å²) >= 11 is 0. The van der Waals surface area contributed by atoms with Crippen LogP contribution in [-0.2, 0) is 9.53 Å². The van der Waals surface area contributed by atoms with Crippen molar-refractivity contribution in [1.29, 1.82) is 0 Å². The van der Waals surface area contributed by atoms with Crippen molar-refractivity contribution in [2.24, 2.45) is 11.3 Å². The molecule has 0 aliphatic heterocycles. The molecule has 0 saturated carbocycles. The van der Waals surface area contributed by atoms with Crippen molar-refractivity contribution in [3.63, 3.8) is 0 Å². The van der Waals surface area contributed by atoms with Gasteiger partial charge in [-0.25, -0.2) is 0 Å². The number of ether oxygens (including phenoxy) is 1. The first-order valence-electron chi connectivity index (χ1n) is 7.39. The quantitative estimate of drug-likeness (QED) is 0.544. The molecule has 2 atom stereocenters. The molecule has 0 aromatic heterocycles. The Bertz CT molecular complexity index is 415. The lowest BCUT2D eigenvalue weighted by atomic mass is 9.76. The third-order valence-electron chi connectivity index (χ3n) is 4.22. The second-order valence-corrected chi connectivity index (χ2v) is 7.06. The Morgan fingerprint density at radius 2 is 2.05 bits per heavy atom. The minimum Gasteiger partial charge on any atom is -0.458 e. The van der Waals surface area contributed by atoms with E-state index in [1.165, 1.54) is 11.1 Å². The van der Waals surface area contributed by atoms with E-state index in [4.69, 9.17) is 4.74 Å². The SMILES string of the molecule is CC1=CCC(C(=O)OC2C=C(C)CC(C)(C)C2)CC1. The average Bonchev–Trinajstić information content (AvgIpc) is 2.26. The lowest BCUT2D eigenvalue weighted by Gasteiger charge is -2.34. The highest BCUT2D eigenvalue weighted by molar-refractivity contribution is 5.73. The van der Waals surface area contributed by atoms with Gasteiger partial charge in [-0.3, -0.25) is 4.79 Å². The van der Waals surface area contributed by atoms with Crippen molar-refractivity contribution in [2.75, 3.05) is 0 Å². The normalized spacial score (nSPS) is 30.3. The molecule has 0 aromatic rings. The number of hydrogen-bond acceptors (Lipinski definition) is 2. The van der Waals surface area contributed by atoms with E-state index >= 15 is 0 Å². The van der Waals surface area contributed by atoms with Gasteiger partial charge in [0.2, 0.25) is 0 Å². The van der Waals surface area contributed by atoms with Gasteiger partial charge in [0.15, 0.2) is 0 Å². The minimum absolute atomic E-state index is 0.00417. The Kier molecular flexibility index (Phi) is 4.17. The zero-order valence-corrected chi connectivity index (χ0v) is 12.7. The number of esters is 1. The highest BCUT2D eigenvalue weighted by Gasteiger charge is 2.31. The fourth-order valence-corrected chi connectivity index (χ4v) is 3.31. The summed E-state index contributed by atoms with van der Waals surface area (Å²) < 4.78 is 5.73. The third-order valence-corrected chi connectivity index (χ3v) is 4.22. The van der Waals surface area contributed by atoms with Crippen LogP contribution < -0.4 is 0 Å². The lowest BCUT2D eigenvalue weighted by molar-refractivity contribution is -0.153. The first-order chi connectivity index (χ1) is 8.85. The molecule has 2 unspecified atom stereocenters. The van der Waals surface area contributed by atoms with Gasteiger partial charge < -0.3 is 4.74 Å². The molecule has 2 heteroatoms. The predicted octanol–water partition coefficient (Wildman–Crippen LogP) is 4.41. The fraction of sp³-hybridized carbons (Fsp3) is 0.706. The van der Waals surface area contributed by atoms with Crippen LogP contribution in [0.2, 0.25) is 0 Å². The predicted molar refractivity (Wildman–Crippen MR) is 77.8 cm³/mol. The molecule has 2 aliphatic carbocycles. The van der Waals surface area contributed by atoms with Crippen LogP contribution in [0, 0.1) is 11.3 Å². The van der Waals surface area contributed by atoms with Crippen LogP contribution in [0.25, 0.3) is 0 Å². The van der Waals surface area contributed by atoms with Crippen molar-refractivity contribution in [3.8, 4) is 0 Å². The molecule has 0 fully saturated rings. The standard InChI is InChI=1S/C17H26O2/c1-12-5-7-14(8-6-12)16(18)19-15-9-13(2)10-17(3,4)11-15/h5,9,14-15H,6-8,10-11H2,1-4H3. The Balaban J connectivity index is 1.94. The summed E-state index contributed by atoms with van der Waals surface area (Å²) in [6.07, 6.45) is 9.16. The van der Waals surface area contributed by atoms with Crippen LogP contribution in [0.4, 0.5) is 0 Å². The lowest BCUT2D eigenvalue weighted by Crippen LogP contribution is -2.31. The van der Waals surface area contributed by atoms with E-state index in [9.17, 15) is 4.79 Å². The summed E-state index contributed by atoms with van der Waals surface area (Å²) in [4.78, 5) is 12.2. The molecule has 2 nitrogen and oxygen atoms in total. The number of carbonyl (C=O) groups excluding carboxylic acids is 1. The summed E-state index contributed by atoms with van der Waals surface area (Å²) in [6.45, 7) is 8.76. The summed E-state index contributed by atoms with van der Waals surface area (Å²) in [7, 11) is 0. The Morgan fingerprint density at radius 1 is 1.32 bits per heavy atom. The van der Waals surface area contributed by atoms with Crippen LogP contribution in [0.1, 0.15) is 59.8 Å². The highest BCUT2D eigenvalue weighted by atomic mass is 16.5. The smallest absolute Gasteiger partial charge is 0.309 e. The molecule has 0 heterocycles. The van der Waals surface area contributed by atoms with Gasteiger partial charge in [-0.1, -0.05) is 31.1 Å². The van der Waals surface area contributed by atoms with Crippen molar-refractivity contribution in [3.05, 3.63) is 23.3 Å². The minimum atomic E-state index is -0.0248. The highest BCUT2D eigenvalue weighted by Crippen LogP contribution is 2.36. The number of hydrogen-bond donors (Lipinski definition) is 0. The molecule has 0 aromatic carbocycles. The van der Waals surface area contributed by atoms with Crippen molar-refractivity contribution in [2.45, 2.75) is 65.9 Å². The number of allylic oxidation sites excluding steroid dienone is 3. The van der Waals surface area contributed by atoms with E-state index in [0.717, 1.165) is 32.1 Å². The van der Waals surface area contributed by atoms with Gasteiger partial charge in [-0.2, -0.15) is 0 Å². The summed E-state index contributed by atoms with van der Waals surface area (Å²) in [6, 6.07) is 0. The Morgan fingerprint density at radius 3 is 2.63 bits per heavy atom. The van der Waals surface area contributed by atoms with E-state index in [2.05, 4.69) is 39.8 Å². The molecular weight excluding hydrogens is 236 g/mol. The molecule has 0 bridgehead atoms. The van der Waals surface area contributed by atoms with Crippen LogP contribution in [0.15, 0.2) is 23.3 Å². The Hall–Kier alpha value is -1.05. The molecule has 0 saturated heterocycles. The maximum atomic E-state index is 12.2. The third kappa shape index (κ3) is 3.95. The zero-order chi connectivity index (χ0) is 14.0. The van der Waals surface area contributed by atoms with E-state index in [1.807, 2.05) is 0 Å². The largest absolute Gasteiger partial charge is 0.458 e. The molecule has 0 spiro atoms. The molecule has 19 heavy (non-hydrogen) atoms. The van der Waals surface area contributed by atoms with Gasteiger partial charge >= 0.3 is 5.97 Å². The maximum Gasteiger partial charge on any atom is 0.309 e. The maximum absolute atomic E-state index is 12.2. The van der Waals surface area contributed by atoms with Gasteiger partial charge in [-0.15, -0.1) is 0 Å². The van der Waals surface area contributed by atoms with Gasteiger partial charge in [0.25, 0.3) is 0 Å². The number of carbonyl (C=O) groups is 1. The second-order valence-electron chi connectivity index (χ2n) is 7.06. The van der Waals surface area contributed by atoms with Crippen LogP contribution in [0.3, 0.4) is 0 Å². The van der Waals surface area contributed by atoms with Gasteiger partial charge in [0, 0.05) is 0 Å². The van der Waals surface area contributed by atoms with E-state index in [1.54, 1.807) is 0 Å². The van der Waals surface area contributed by atoms with E-state index in [0.29, 0.717) is 0 Å². The molecule has 2 rings (SSSR count). The van der Waals surface area contributed by atoms with Gasteiger partial charge in [-0.05, 0) is 57.4 Å². The summed E-state index contributed by atoms with van der Waals surface area (Å²) in [5.74, 6) is 0.0675. The van der Waals surface area contributed by atoms with Gasteiger partial charge in [0.05, 0.1) is 5.92 Å². The fourth-order valence-electron chi connectivity index (χ4n) is 3.31. The van der Waals surface area contributed by atoms with Crippen LogP contribution >= 0.6 is 0 Å². The summed E-state index contributed by atoms with van der Waals surface area (Å²) in [5.41, 5.74) is 2.99. The Labute approximate surface area is 116 Å². The molecular formula is C17H26O2. The van der Waals surface area contributed by atoms with E-state index < -0.39 is 0 Å². The van der Waals surface area contributed by atoms with Gasteiger partial charge in [0.1, 0.15) is 6.10 Å². The molecule has 106 valence electrons. The van der Waals surface area contributed by atoms with E-state index in [-0.39, 0.29) is 23.4 Å². The van der Waals surface area contributed by atoms with Crippen molar-refractivity contribution < 1.29 is 9.53 Å². The first-order valence-corrected chi connectivity index (χ1v) is 7.39. The topological polar surface area (TPSA) is 26.3 Å².